The van der Waals surface area contributed by atoms with Gasteiger partial charge in [0.15, 0.2) is 0 Å². The number of nitrogens with two attached hydrogens (primary N) is 1. The van der Waals surface area contributed by atoms with Crippen molar-refractivity contribution in [3.63, 3.8) is 0 Å². The van der Waals surface area contributed by atoms with Crippen LogP contribution >= 0.6 is 11.6 Å². The van der Waals surface area contributed by atoms with Gasteiger partial charge in [-0.2, -0.15) is 0 Å². The zero-order chi connectivity index (χ0) is 10.7. The Morgan fingerprint density at radius 2 is 2.07 bits per heavy atom. The second kappa shape index (κ2) is 4.67. The van der Waals surface area contributed by atoms with Gasteiger partial charge in [-0.3, -0.25) is 0 Å². The zero-order valence-electron chi connectivity index (χ0n) is 8.92. The molecule has 78 valence electrons. The summed E-state index contributed by atoms with van der Waals surface area (Å²) in [5.41, 5.74) is 8.02. The van der Waals surface area contributed by atoms with Gasteiger partial charge >= 0.3 is 0 Å². The first-order chi connectivity index (χ1) is 6.50. The third-order valence-electron chi connectivity index (χ3n) is 2.05. The minimum absolute atomic E-state index is 0.186. The predicted molar refractivity (Wildman–Crippen MR) is 63.1 cm³/mol. The first-order valence-corrected chi connectivity index (χ1v) is 5.10. The fourth-order valence-corrected chi connectivity index (χ4v) is 1.69. The number of nitrogens with zero attached hydrogens (tertiary/aromatic N) is 1. The maximum Gasteiger partial charge on any atom is 0.0639 e. The van der Waals surface area contributed by atoms with Crippen molar-refractivity contribution >= 4 is 17.3 Å². The van der Waals surface area contributed by atoms with E-state index in [2.05, 4.69) is 6.07 Å². The van der Waals surface area contributed by atoms with Crippen LogP contribution in [0.4, 0.5) is 5.69 Å². The number of hydrogen-bond donors (Lipinski definition) is 1. The van der Waals surface area contributed by atoms with Crippen LogP contribution in [0.25, 0.3) is 0 Å². The first-order valence-electron chi connectivity index (χ1n) is 4.72. The Morgan fingerprint density at radius 1 is 1.43 bits per heavy atom. The lowest BCUT2D eigenvalue weighted by Gasteiger charge is -2.16. The van der Waals surface area contributed by atoms with Crippen LogP contribution in [-0.4, -0.2) is 20.1 Å². The van der Waals surface area contributed by atoms with Gasteiger partial charge in [0.2, 0.25) is 0 Å². The van der Waals surface area contributed by atoms with Gasteiger partial charge in [0, 0.05) is 20.1 Å². The Bertz CT molecular complexity index is 308. The van der Waals surface area contributed by atoms with Gasteiger partial charge in [-0.25, -0.2) is 0 Å². The summed E-state index contributed by atoms with van der Waals surface area (Å²) in [6, 6.07) is 6.23. The van der Waals surface area contributed by atoms with Gasteiger partial charge in [0.25, 0.3) is 0 Å². The molecule has 0 saturated heterocycles. The normalized spacial score (nSPS) is 12.6. The van der Waals surface area contributed by atoms with Crippen molar-refractivity contribution in [3.8, 4) is 0 Å². The summed E-state index contributed by atoms with van der Waals surface area (Å²) in [7, 11) is 3.97. The summed E-state index contributed by atoms with van der Waals surface area (Å²) in [5.74, 6) is 0. The Balaban J connectivity index is 2.94. The second-order valence-electron chi connectivity index (χ2n) is 3.86. The number of benzene rings is 1. The van der Waals surface area contributed by atoms with E-state index in [1.807, 2.05) is 38.1 Å². The molecule has 0 aliphatic heterocycles. The minimum atomic E-state index is 0.186. The molecule has 1 unspecified atom stereocenters. The molecule has 1 rings (SSSR count). The molecule has 1 aromatic rings. The number of hydrogen-bond acceptors (Lipinski definition) is 2. The summed E-state index contributed by atoms with van der Waals surface area (Å²) in [5, 5.41) is 0.781. The van der Waals surface area contributed by atoms with Crippen molar-refractivity contribution in [3.05, 3.63) is 28.8 Å². The molecule has 2 N–H and O–H groups in total. The van der Waals surface area contributed by atoms with E-state index in [0.717, 1.165) is 17.1 Å². The fraction of sp³-hybridized carbons (Fsp3) is 0.455. The summed E-state index contributed by atoms with van der Waals surface area (Å²) >= 11 is 6.05. The van der Waals surface area contributed by atoms with Crippen LogP contribution in [0.3, 0.4) is 0 Å². The van der Waals surface area contributed by atoms with Crippen LogP contribution in [0.5, 0.6) is 0 Å². The SMILES string of the molecule is CC(N)Cc1ccc(Cl)c(N(C)C)c1. The minimum Gasteiger partial charge on any atom is -0.376 e. The van der Waals surface area contributed by atoms with Gasteiger partial charge in [0.1, 0.15) is 0 Å². The van der Waals surface area contributed by atoms with Crippen LogP contribution < -0.4 is 10.6 Å². The molecular formula is C11H17ClN2. The van der Waals surface area contributed by atoms with Gasteiger partial charge < -0.3 is 10.6 Å². The highest BCUT2D eigenvalue weighted by molar-refractivity contribution is 6.33. The Hall–Kier alpha value is -0.730. The van der Waals surface area contributed by atoms with Crippen molar-refractivity contribution < 1.29 is 0 Å². The molecule has 0 fully saturated rings. The topological polar surface area (TPSA) is 29.3 Å². The average molecular weight is 213 g/mol. The van der Waals surface area contributed by atoms with Gasteiger partial charge in [0.05, 0.1) is 10.7 Å². The molecule has 0 spiro atoms. The van der Waals surface area contributed by atoms with E-state index in [-0.39, 0.29) is 6.04 Å². The highest BCUT2D eigenvalue weighted by Crippen LogP contribution is 2.25. The number of halogens is 1. The maximum atomic E-state index is 6.05. The standard InChI is InChI=1S/C11H17ClN2/c1-8(13)6-9-4-5-10(12)11(7-9)14(2)3/h4-5,7-8H,6,13H2,1-3H3. The molecule has 0 radical (unpaired) electrons. The van der Waals surface area contributed by atoms with Crippen LogP contribution in [0, 0.1) is 0 Å². The molecule has 0 heterocycles. The van der Waals surface area contributed by atoms with E-state index in [0.29, 0.717) is 0 Å². The largest absolute Gasteiger partial charge is 0.376 e. The molecule has 0 saturated carbocycles. The lowest BCUT2D eigenvalue weighted by atomic mass is 10.1. The average Bonchev–Trinajstić information content (AvgIpc) is 2.07. The van der Waals surface area contributed by atoms with Crippen LogP contribution in [0.1, 0.15) is 12.5 Å². The van der Waals surface area contributed by atoms with Crippen molar-refractivity contribution in [2.45, 2.75) is 19.4 Å². The third-order valence-corrected chi connectivity index (χ3v) is 2.37. The molecule has 14 heavy (non-hydrogen) atoms. The molecule has 0 aliphatic carbocycles. The van der Waals surface area contributed by atoms with Gasteiger partial charge in [-0.15, -0.1) is 0 Å². The monoisotopic (exact) mass is 212 g/mol. The summed E-state index contributed by atoms with van der Waals surface area (Å²) in [4.78, 5) is 2.01. The smallest absolute Gasteiger partial charge is 0.0639 e. The summed E-state index contributed by atoms with van der Waals surface area (Å²) in [6.07, 6.45) is 0.887. The fourth-order valence-electron chi connectivity index (χ4n) is 1.40. The van der Waals surface area contributed by atoms with E-state index in [9.17, 15) is 0 Å². The van der Waals surface area contributed by atoms with Crippen molar-refractivity contribution in [1.29, 1.82) is 0 Å². The maximum absolute atomic E-state index is 6.05. The molecule has 1 aromatic carbocycles. The quantitative estimate of drug-likeness (QED) is 0.833. The van der Waals surface area contributed by atoms with E-state index in [1.54, 1.807) is 0 Å². The van der Waals surface area contributed by atoms with Crippen LogP contribution in [0.2, 0.25) is 5.02 Å². The molecular weight excluding hydrogens is 196 g/mol. The molecule has 0 aliphatic rings. The van der Waals surface area contributed by atoms with Crippen molar-refractivity contribution in [2.24, 2.45) is 5.73 Å². The Labute approximate surface area is 90.7 Å². The molecule has 3 heteroatoms. The number of rotatable bonds is 3. The van der Waals surface area contributed by atoms with Crippen LogP contribution in [0.15, 0.2) is 18.2 Å². The zero-order valence-corrected chi connectivity index (χ0v) is 9.67. The molecule has 2 nitrogen and oxygen atoms in total. The molecule has 0 bridgehead atoms. The van der Waals surface area contributed by atoms with E-state index in [1.165, 1.54) is 5.56 Å². The van der Waals surface area contributed by atoms with Crippen molar-refractivity contribution in [1.82, 2.24) is 0 Å². The Morgan fingerprint density at radius 3 is 2.57 bits per heavy atom. The van der Waals surface area contributed by atoms with Crippen molar-refractivity contribution in [2.75, 3.05) is 19.0 Å². The first kappa shape index (κ1) is 11.3. The Kier molecular flexibility index (Phi) is 3.78. The lowest BCUT2D eigenvalue weighted by Crippen LogP contribution is -2.18. The van der Waals surface area contributed by atoms with Gasteiger partial charge in [-0.1, -0.05) is 17.7 Å². The second-order valence-corrected chi connectivity index (χ2v) is 4.27. The third kappa shape index (κ3) is 2.89. The molecule has 0 aromatic heterocycles. The summed E-state index contributed by atoms with van der Waals surface area (Å²) < 4.78 is 0. The predicted octanol–water partition coefficient (Wildman–Crippen LogP) is 2.30. The lowest BCUT2D eigenvalue weighted by molar-refractivity contribution is 0.738. The highest BCUT2D eigenvalue weighted by Gasteiger charge is 2.05. The van der Waals surface area contributed by atoms with E-state index >= 15 is 0 Å². The molecule has 1 atom stereocenters. The summed E-state index contributed by atoms with van der Waals surface area (Å²) in [6.45, 7) is 2.00. The van der Waals surface area contributed by atoms with Crippen LogP contribution in [-0.2, 0) is 6.42 Å². The molecule has 0 amide bonds. The van der Waals surface area contributed by atoms with E-state index in [4.69, 9.17) is 17.3 Å². The van der Waals surface area contributed by atoms with E-state index < -0.39 is 0 Å². The van der Waals surface area contributed by atoms with Gasteiger partial charge in [-0.05, 0) is 31.0 Å². The highest BCUT2D eigenvalue weighted by atomic mass is 35.5. The number of anilines is 1.